The van der Waals surface area contributed by atoms with Crippen molar-refractivity contribution >= 4 is 26.7 Å². The Kier molecular flexibility index (Phi) is 6.35. The number of piperidine rings is 1. The van der Waals surface area contributed by atoms with E-state index in [2.05, 4.69) is 15.3 Å². The number of aryl methyl sites for hydroxylation is 1. The smallest absolute Gasteiger partial charge is 0.211 e. The predicted molar refractivity (Wildman–Crippen MR) is 125 cm³/mol. The minimum Gasteiger partial charge on any atom is -0.367 e. The molecule has 3 N–H and O–H groups in total. The Labute approximate surface area is 192 Å². The summed E-state index contributed by atoms with van der Waals surface area (Å²) in [5, 5.41) is 3.80. The fraction of sp³-hybridized carbons (Fsp3) is 0.391. The lowest BCUT2D eigenvalue weighted by atomic mass is 9.97. The highest BCUT2D eigenvalue weighted by Gasteiger charge is 2.25. The van der Waals surface area contributed by atoms with Gasteiger partial charge in [-0.25, -0.2) is 26.5 Å². The number of hydrogen-bond donors (Lipinski definition) is 2. The van der Waals surface area contributed by atoms with Crippen LogP contribution < -0.4 is 11.1 Å². The highest BCUT2D eigenvalue weighted by atomic mass is 32.2. The molecule has 0 aliphatic carbocycles. The van der Waals surface area contributed by atoms with E-state index in [4.69, 9.17) is 5.73 Å². The van der Waals surface area contributed by atoms with Gasteiger partial charge in [0.1, 0.15) is 23.0 Å². The number of halogens is 2. The molecule has 0 spiro atoms. The maximum atomic E-state index is 15.0. The van der Waals surface area contributed by atoms with E-state index in [0.29, 0.717) is 48.4 Å². The highest BCUT2D eigenvalue weighted by molar-refractivity contribution is 7.88. The first-order valence-corrected chi connectivity index (χ1v) is 12.6. The van der Waals surface area contributed by atoms with Crippen LogP contribution in [-0.4, -0.2) is 48.1 Å². The van der Waals surface area contributed by atoms with Crippen LogP contribution in [0.15, 0.2) is 30.5 Å². The summed E-state index contributed by atoms with van der Waals surface area (Å²) in [5.74, 6) is -0.681. The summed E-state index contributed by atoms with van der Waals surface area (Å²) in [6, 6.07) is 5.99. The number of hydrogen-bond acceptors (Lipinski definition) is 6. The molecule has 10 heteroatoms. The molecule has 1 unspecified atom stereocenters. The van der Waals surface area contributed by atoms with Crippen LogP contribution in [0.2, 0.25) is 0 Å². The number of nitrogens with zero attached hydrogens (tertiary/aromatic N) is 3. The van der Waals surface area contributed by atoms with Gasteiger partial charge in [-0.05, 0) is 62.1 Å². The molecule has 0 saturated carbocycles. The van der Waals surface area contributed by atoms with Crippen LogP contribution in [0.25, 0.3) is 22.0 Å². The normalized spacial score (nSPS) is 16.8. The van der Waals surface area contributed by atoms with Gasteiger partial charge in [-0.3, -0.25) is 4.98 Å². The molecule has 7 nitrogen and oxygen atoms in total. The van der Waals surface area contributed by atoms with Crippen molar-refractivity contribution < 1.29 is 17.2 Å². The second-order valence-electron chi connectivity index (χ2n) is 8.63. The summed E-state index contributed by atoms with van der Waals surface area (Å²) < 4.78 is 54.6. The van der Waals surface area contributed by atoms with E-state index >= 15 is 0 Å². The van der Waals surface area contributed by atoms with E-state index in [9.17, 15) is 17.2 Å². The van der Waals surface area contributed by atoms with Gasteiger partial charge in [0.2, 0.25) is 10.0 Å². The number of anilines is 1. The molecule has 0 bridgehead atoms. The summed E-state index contributed by atoms with van der Waals surface area (Å²) in [7, 11) is -3.21. The van der Waals surface area contributed by atoms with E-state index in [1.807, 2.05) is 13.0 Å². The molecule has 4 rings (SSSR count). The van der Waals surface area contributed by atoms with Gasteiger partial charge in [-0.2, -0.15) is 0 Å². The number of sulfonamides is 1. The van der Waals surface area contributed by atoms with Gasteiger partial charge in [0.15, 0.2) is 0 Å². The molecule has 3 aromatic rings. The average Bonchev–Trinajstić information content (AvgIpc) is 2.74. The Balaban J connectivity index is 1.66. The largest absolute Gasteiger partial charge is 0.367 e. The number of benzene rings is 1. The number of aromatic nitrogens is 2. The Bertz CT molecular complexity index is 1310. The van der Waals surface area contributed by atoms with Crippen molar-refractivity contribution in [3.8, 4) is 11.1 Å². The molecule has 3 heterocycles. The Morgan fingerprint density at radius 2 is 1.85 bits per heavy atom. The van der Waals surface area contributed by atoms with E-state index < -0.39 is 21.7 Å². The minimum atomic E-state index is -3.21. The van der Waals surface area contributed by atoms with Crippen LogP contribution in [0.4, 0.5) is 14.6 Å². The molecule has 1 aliphatic rings. The maximum Gasteiger partial charge on any atom is 0.211 e. The third kappa shape index (κ3) is 4.97. The van der Waals surface area contributed by atoms with Gasteiger partial charge in [0.05, 0.1) is 12.5 Å². The summed E-state index contributed by atoms with van der Waals surface area (Å²) >= 11 is 0. The van der Waals surface area contributed by atoms with Gasteiger partial charge >= 0.3 is 0 Å². The predicted octanol–water partition coefficient (Wildman–Crippen LogP) is 3.74. The van der Waals surface area contributed by atoms with E-state index in [1.54, 1.807) is 19.1 Å². The summed E-state index contributed by atoms with van der Waals surface area (Å²) in [5.41, 5.74) is 8.27. The zero-order chi connectivity index (χ0) is 23.9. The second kappa shape index (κ2) is 8.92. The molecule has 176 valence electrons. The van der Waals surface area contributed by atoms with Crippen molar-refractivity contribution in [1.29, 1.82) is 0 Å². The molecule has 1 aliphatic heterocycles. The van der Waals surface area contributed by atoms with Crippen LogP contribution >= 0.6 is 0 Å². The Hall–Kier alpha value is -2.69. The molecule has 0 amide bonds. The van der Waals surface area contributed by atoms with Crippen LogP contribution in [-0.2, 0) is 10.0 Å². The van der Waals surface area contributed by atoms with E-state index in [0.717, 1.165) is 11.8 Å². The average molecular weight is 476 g/mol. The molecular formula is C23H27F2N5O2S. The van der Waals surface area contributed by atoms with Crippen molar-refractivity contribution in [2.24, 2.45) is 5.73 Å². The summed E-state index contributed by atoms with van der Waals surface area (Å²) in [4.78, 5) is 8.42. The molecular weight excluding hydrogens is 448 g/mol. The van der Waals surface area contributed by atoms with Gasteiger partial charge in [0.25, 0.3) is 0 Å². The highest BCUT2D eigenvalue weighted by Crippen LogP contribution is 2.33. The fourth-order valence-electron chi connectivity index (χ4n) is 4.26. The van der Waals surface area contributed by atoms with Crippen LogP contribution in [0.3, 0.4) is 0 Å². The number of rotatable bonds is 5. The Morgan fingerprint density at radius 3 is 2.48 bits per heavy atom. The van der Waals surface area contributed by atoms with Crippen LogP contribution in [0, 0.1) is 18.6 Å². The molecule has 1 fully saturated rings. The Morgan fingerprint density at radius 1 is 1.15 bits per heavy atom. The zero-order valence-electron chi connectivity index (χ0n) is 18.8. The molecule has 1 atom stereocenters. The fourth-order valence-corrected chi connectivity index (χ4v) is 5.13. The number of nitrogens with two attached hydrogens (primary N) is 1. The maximum absolute atomic E-state index is 15.0. The molecule has 33 heavy (non-hydrogen) atoms. The van der Waals surface area contributed by atoms with Crippen molar-refractivity contribution in [1.82, 2.24) is 14.3 Å². The monoisotopic (exact) mass is 475 g/mol. The molecule has 1 aromatic carbocycles. The SMILES string of the molecule is Cc1cc(C(C)N)c2cc(-c3cc(NC4CCN(S(C)(=O)=O)CC4)ncc3F)cc(F)c2n1. The van der Waals surface area contributed by atoms with Gasteiger partial charge in [-0.1, -0.05) is 0 Å². The molecule has 1 saturated heterocycles. The van der Waals surface area contributed by atoms with Crippen molar-refractivity contribution in [3.63, 3.8) is 0 Å². The standard InChI is InChI=1S/C23H27F2N5O2S/c1-13-8-17(14(2)26)19-9-15(10-20(24)23(19)28-13)18-11-22(27-12-21(18)25)29-16-4-6-30(7-5-16)33(3,31)32/h8-12,14,16H,4-7,26H2,1-3H3,(H,27,29). The topological polar surface area (TPSA) is 101 Å². The first-order valence-electron chi connectivity index (χ1n) is 10.8. The summed E-state index contributed by atoms with van der Waals surface area (Å²) in [6.07, 6.45) is 3.51. The lowest BCUT2D eigenvalue weighted by molar-refractivity contribution is 0.331. The van der Waals surface area contributed by atoms with Crippen molar-refractivity contribution in [2.75, 3.05) is 24.7 Å². The third-order valence-electron chi connectivity index (χ3n) is 5.96. The van der Waals surface area contributed by atoms with Crippen LogP contribution in [0.5, 0.6) is 0 Å². The first-order chi connectivity index (χ1) is 15.5. The van der Waals surface area contributed by atoms with Crippen molar-refractivity contribution in [2.45, 2.75) is 38.8 Å². The van der Waals surface area contributed by atoms with Gasteiger partial charge < -0.3 is 11.1 Å². The van der Waals surface area contributed by atoms with E-state index in [1.165, 1.54) is 16.6 Å². The lowest BCUT2D eigenvalue weighted by Crippen LogP contribution is -2.41. The van der Waals surface area contributed by atoms with Crippen molar-refractivity contribution in [3.05, 3.63) is 53.4 Å². The van der Waals surface area contributed by atoms with Crippen LogP contribution in [0.1, 0.15) is 37.1 Å². The number of nitrogens with one attached hydrogen (secondary N) is 1. The van der Waals surface area contributed by atoms with Gasteiger partial charge in [-0.15, -0.1) is 0 Å². The summed E-state index contributed by atoms with van der Waals surface area (Å²) in [6.45, 7) is 4.41. The van der Waals surface area contributed by atoms with E-state index in [-0.39, 0.29) is 23.2 Å². The molecule has 2 aromatic heterocycles. The quantitative estimate of drug-likeness (QED) is 0.583. The third-order valence-corrected chi connectivity index (χ3v) is 7.26. The zero-order valence-corrected chi connectivity index (χ0v) is 19.6. The first kappa shape index (κ1) is 23.5. The number of fused-ring (bicyclic) bond motifs is 1. The molecule has 0 radical (unpaired) electrons. The minimum absolute atomic E-state index is 0.000909. The lowest BCUT2D eigenvalue weighted by Gasteiger charge is -2.31. The number of pyridine rings is 2. The van der Waals surface area contributed by atoms with Gasteiger partial charge in [0, 0.05) is 41.8 Å². The second-order valence-corrected chi connectivity index (χ2v) is 10.6.